The molecule has 0 aliphatic heterocycles. The van der Waals surface area contributed by atoms with Crippen LogP contribution in [0.4, 0.5) is 5.69 Å². The number of benzene rings is 1. The molecular weight excluding hydrogens is 294 g/mol. The van der Waals surface area contributed by atoms with Gasteiger partial charge in [-0.2, -0.15) is 0 Å². The van der Waals surface area contributed by atoms with E-state index in [0.717, 1.165) is 28.1 Å². The first-order valence-corrected chi connectivity index (χ1v) is 8.54. The van der Waals surface area contributed by atoms with Crippen LogP contribution in [0.2, 0.25) is 0 Å². The lowest BCUT2D eigenvalue weighted by molar-refractivity contribution is -0.114. The minimum atomic E-state index is -0.203. The first-order valence-electron chi connectivity index (χ1n) is 8.54. The van der Waals surface area contributed by atoms with Gasteiger partial charge in [-0.15, -0.1) is 0 Å². The summed E-state index contributed by atoms with van der Waals surface area (Å²) in [6.45, 7) is 16.6. The average molecular weight is 323 g/mol. The SMILES string of the molecule is Cc1ccc(N=C2C=C(C(C)(C)C)C(=O)C(C(C)(C)C)=C2)c(C)c1. The van der Waals surface area contributed by atoms with E-state index in [1.165, 1.54) is 5.56 Å². The molecule has 0 atom stereocenters. The minimum Gasteiger partial charge on any atom is -0.289 e. The van der Waals surface area contributed by atoms with Gasteiger partial charge in [-0.1, -0.05) is 59.2 Å². The molecule has 0 saturated heterocycles. The summed E-state index contributed by atoms with van der Waals surface area (Å²) in [4.78, 5) is 17.8. The molecule has 0 amide bonds. The number of carbonyl (C=O) groups excluding carboxylic acids is 1. The quantitative estimate of drug-likeness (QED) is 0.591. The van der Waals surface area contributed by atoms with Crippen LogP contribution < -0.4 is 0 Å². The predicted octanol–water partition coefficient (Wildman–Crippen LogP) is 5.90. The van der Waals surface area contributed by atoms with Crippen LogP contribution in [0.5, 0.6) is 0 Å². The molecule has 0 bridgehead atoms. The van der Waals surface area contributed by atoms with Crippen LogP contribution in [0, 0.1) is 24.7 Å². The molecule has 1 aromatic carbocycles. The van der Waals surface area contributed by atoms with Crippen molar-refractivity contribution < 1.29 is 4.79 Å². The van der Waals surface area contributed by atoms with Gasteiger partial charge in [0.2, 0.25) is 0 Å². The summed E-state index contributed by atoms with van der Waals surface area (Å²) in [6.07, 6.45) is 3.91. The van der Waals surface area contributed by atoms with Gasteiger partial charge in [-0.3, -0.25) is 4.79 Å². The first kappa shape index (κ1) is 18.4. The van der Waals surface area contributed by atoms with Crippen molar-refractivity contribution in [1.82, 2.24) is 0 Å². The molecule has 0 N–H and O–H groups in total. The van der Waals surface area contributed by atoms with Crippen molar-refractivity contribution in [2.24, 2.45) is 15.8 Å². The number of carbonyl (C=O) groups is 1. The van der Waals surface area contributed by atoms with Gasteiger partial charge in [0.15, 0.2) is 5.78 Å². The number of Topliss-reactive ketones (excluding diaryl/α,β-unsaturated/α-hetero) is 1. The summed E-state index contributed by atoms with van der Waals surface area (Å²) in [5.74, 6) is 0.148. The molecular formula is C22H29NO. The molecule has 0 unspecified atom stereocenters. The lowest BCUT2D eigenvalue weighted by Crippen LogP contribution is -2.29. The van der Waals surface area contributed by atoms with E-state index in [2.05, 4.69) is 67.5 Å². The highest BCUT2D eigenvalue weighted by atomic mass is 16.1. The maximum Gasteiger partial charge on any atom is 0.186 e. The molecule has 1 aromatic rings. The number of aliphatic imine (C=N–C) groups is 1. The third-order valence-electron chi connectivity index (χ3n) is 4.29. The molecule has 1 aliphatic rings. The van der Waals surface area contributed by atoms with Crippen molar-refractivity contribution in [2.45, 2.75) is 55.4 Å². The maximum absolute atomic E-state index is 12.9. The Labute approximate surface area is 146 Å². The number of ketones is 1. The van der Waals surface area contributed by atoms with E-state index in [4.69, 9.17) is 4.99 Å². The number of aryl methyl sites for hydroxylation is 2. The minimum absolute atomic E-state index is 0.148. The van der Waals surface area contributed by atoms with Gasteiger partial charge in [-0.05, 0) is 48.5 Å². The Morgan fingerprint density at radius 3 is 1.75 bits per heavy atom. The fourth-order valence-electron chi connectivity index (χ4n) is 2.86. The topological polar surface area (TPSA) is 29.4 Å². The fourth-order valence-corrected chi connectivity index (χ4v) is 2.86. The number of allylic oxidation sites excluding steroid dienone is 4. The Hall–Kier alpha value is -1.96. The number of nitrogens with zero attached hydrogens (tertiary/aromatic N) is 1. The van der Waals surface area contributed by atoms with E-state index in [1.807, 2.05) is 18.2 Å². The van der Waals surface area contributed by atoms with E-state index >= 15 is 0 Å². The zero-order valence-electron chi connectivity index (χ0n) is 16.2. The summed E-state index contributed by atoms with van der Waals surface area (Å²) in [7, 11) is 0. The Balaban J connectivity index is 2.61. The molecule has 0 saturated carbocycles. The third-order valence-corrected chi connectivity index (χ3v) is 4.29. The van der Waals surface area contributed by atoms with Gasteiger partial charge in [-0.25, -0.2) is 4.99 Å². The van der Waals surface area contributed by atoms with Crippen molar-refractivity contribution in [3.05, 3.63) is 52.6 Å². The lowest BCUT2D eigenvalue weighted by Gasteiger charge is -2.31. The summed E-state index contributed by atoms with van der Waals surface area (Å²) >= 11 is 0. The van der Waals surface area contributed by atoms with Crippen LogP contribution >= 0.6 is 0 Å². The van der Waals surface area contributed by atoms with Crippen molar-refractivity contribution in [2.75, 3.05) is 0 Å². The zero-order chi connectivity index (χ0) is 18.3. The molecule has 1 aliphatic carbocycles. The number of hydrogen-bond donors (Lipinski definition) is 0. The molecule has 2 nitrogen and oxygen atoms in total. The molecule has 2 heteroatoms. The number of hydrogen-bond acceptors (Lipinski definition) is 2. The standard InChI is InChI=1S/C22H29NO/c1-14-9-10-19(15(2)11-14)23-16-12-17(21(3,4)5)20(24)18(13-16)22(6,7)8/h9-13H,1-8H3. The molecule has 24 heavy (non-hydrogen) atoms. The lowest BCUT2D eigenvalue weighted by atomic mass is 9.72. The van der Waals surface area contributed by atoms with Crippen LogP contribution in [-0.2, 0) is 4.79 Å². The van der Waals surface area contributed by atoms with E-state index in [9.17, 15) is 4.79 Å². The molecule has 0 radical (unpaired) electrons. The predicted molar refractivity (Wildman–Crippen MR) is 103 cm³/mol. The molecule has 2 rings (SSSR count). The van der Waals surface area contributed by atoms with Crippen LogP contribution in [0.25, 0.3) is 0 Å². The highest BCUT2D eigenvalue weighted by Crippen LogP contribution is 2.37. The van der Waals surface area contributed by atoms with Crippen molar-refractivity contribution >= 4 is 17.2 Å². The zero-order valence-corrected chi connectivity index (χ0v) is 16.2. The third kappa shape index (κ3) is 3.92. The van der Waals surface area contributed by atoms with Crippen LogP contribution in [0.3, 0.4) is 0 Å². The van der Waals surface area contributed by atoms with E-state index in [0.29, 0.717) is 0 Å². The summed E-state index contributed by atoms with van der Waals surface area (Å²) in [5, 5.41) is 0. The normalized spacial score (nSPS) is 16.0. The van der Waals surface area contributed by atoms with Crippen LogP contribution in [-0.4, -0.2) is 11.5 Å². The molecule has 0 fully saturated rings. The van der Waals surface area contributed by atoms with Gasteiger partial charge in [0.1, 0.15) is 0 Å². The van der Waals surface area contributed by atoms with E-state index in [-0.39, 0.29) is 16.6 Å². The highest BCUT2D eigenvalue weighted by molar-refractivity contribution is 6.23. The smallest absolute Gasteiger partial charge is 0.186 e. The second-order valence-corrected chi connectivity index (χ2v) is 8.77. The van der Waals surface area contributed by atoms with Crippen molar-refractivity contribution in [3.63, 3.8) is 0 Å². The van der Waals surface area contributed by atoms with Gasteiger partial charge >= 0.3 is 0 Å². The van der Waals surface area contributed by atoms with Gasteiger partial charge in [0.25, 0.3) is 0 Å². The van der Waals surface area contributed by atoms with E-state index in [1.54, 1.807) is 0 Å². The summed E-state index contributed by atoms with van der Waals surface area (Å²) in [5.41, 5.74) is 5.45. The summed E-state index contributed by atoms with van der Waals surface area (Å²) < 4.78 is 0. The highest BCUT2D eigenvalue weighted by Gasteiger charge is 2.34. The molecule has 0 spiro atoms. The molecule has 128 valence electrons. The van der Waals surface area contributed by atoms with Crippen LogP contribution in [0.1, 0.15) is 52.7 Å². The number of rotatable bonds is 1. The Bertz CT molecular complexity index is 726. The largest absolute Gasteiger partial charge is 0.289 e. The second kappa shape index (κ2) is 6.16. The van der Waals surface area contributed by atoms with Crippen molar-refractivity contribution in [1.29, 1.82) is 0 Å². The monoisotopic (exact) mass is 323 g/mol. The van der Waals surface area contributed by atoms with E-state index < -0.39 is 0 Å². The Morgan fingerprint density at radius 1 is 0.833 bits per heavy atom. The first-order chi connectivity index (χ1) is 10.9. The van der Waals surface area contributed by atoms with Crippen molar-refractivity contribution in [3.8, 4) is 0 Å². The van der Waals surface area contributed by atoms with Gasteiger partial charge in [0.05, 0.1) is 11.4 Å². The summed E-state index contributed by atoms with van der Waals surface area (Å²) in [6, 6.07) is 6.25. The molecule has 0 aromatic heterocycles. The Kier molecular flexibility index (Phi) is 4.72. The second-order valence-electron chi connectivity index (χ2n) is 8.77. The Morgan fingerprint density at radius 2 is 1.33 bits per heavy atom. The fraction of sp³-hybridized carbons (Fsp3) is 0.455. The average Bonchev–Trinajstić information content (AvgIpc) is 2.41. The van der Waals surface area contributed by atoms with Gasteiger partial charge < -0.3 is 0 Å². The van der Waals surface area contributed by atoms with Gasteiger partial charge in [0, 0.05) is 11.1 Å². The molecule has 0 heterocycles. The maximum atomic E-state index is 12.9. The van der Waals surface area contributed by atoms with Crippen LogP contribution in [0.15, 0.2) is 46.5 Å².